The molecule has 0 aromatic carbocycles. The van der Waals surface area contributed by atoms with Gasteiger partial charge in [0.2, 0.25) is 0 Å². The first kappa shape index (κ1) is 14.8. The highest BCUT2D eigenvalue weighted by Crippen LogP contribution is 2.31. The first-order chi connectivity index (χ1) is 11.7. The molecule has 3 aromatic rings. The smallest absolute Gasteiger partial charge is 0.251 e. The molecule has 5 nitrogen and oxygen atoms in total. The van der Waals surface area contributed by atoms with Crippen LogP contribution in [0.25, 0.3) is 21.5 Å². The molecule has 1 aliphatic carbocycles. The molecule has 3 aromatic heterocycles. The molecular weight excluding hydrogens is 320 g/mol. The Kier molecular flexibility index (Phi) is 3.74. The Morgan fingerprint density at radius 1 is 1.38 bits per heavy atom. The van der Waals surface area contributed by atoms with Gasteiger partial charge in [-0.1, -0.05) is 12.2 Å². The fraction of sp³-hybridized carbons (Fsp3) is 0.167. The summed E-state index contributed by atoms with van der Waals surface area (Å²) in [5, 5.41) is 3.96. The van der Waals surface area contributed by atoms with Gasteiger partial charge in [0.05, 0.1) is 22.3 Å². The van der Waals surface area contributed by atoms with Crippen molar-refractivity contribution in [3.8, 4) is 10.4 Å². The summed E-state index contributed by atoms with van der Waals surface area (Å²) >= 11 is 1.58. The van der Waals surface area contributed by atoms with Crippen LogP contribution in [0.1, 0.15) is 19.8 Å². The highest BCUT2D eigenvalue weighted by Gasteiger charge is 2.15. The van der Waals surface area contributed by atoms with Crippen LogP contribution in [0.3, 0.4) is 0 Å². The summed E-state index contributed by atoms with van der Waals surface area (Å²) in [7, 11) is 0. The number of carbonyl (C=O) groups is 1. The zero-order chi connectivity index (χ0) is 16.5. The Morgan fingerprint density at radius 2 is 2.29 bits per heavy atom. The van der Waals surface area contributed by atoms with Gasteiger partial charge >= 0.3 is 0 Å². The standard InChI is InChI=1S/C18H16N4OS/c1-11-4-2-3-5-13(11)18(23)22-12-6-14-15(16-9-19-10-24-16)8-21-17(14)20-7-12/h2,4,6-10H,3,5H2,1H3,(H,20,21)(H,22,23). The molecule has 0 saturated carbocycles. The monoisotopic (exact) mass is 336 g/mol. The van der Waals surface area contributed by atoms with Gasteiger partial charge in [0.25, 0.3) is 5.91 Å². The van der Waals surface area contributed by atoms with Crippen LogP contribution in [0.4, 0.5) is 5.69 Å². The molecule has 4 rings (SSSR count). The number of thiazole rings is 1. The number of fused-ring (bicyclic) bond motifs is 1. The zero-order valence-corrected chi connectivity index (χ0v) is 14.0. The minimum absolute atomic E-state index is 0.0483. The number of nitrogens with one attached hydrogen (secondary N) is 2. The largest absolute Gasteiger partial charge is 0.345 e. The van der Waals surface area contributed by atoms with Crippen LogP contribution in [-0.2, 0) is 4.79 Å². The molecule has 0 radical (unpaired) electrons. The van der Waals surface area contributed by atoms with Crippen LogP contribution in [-0.4, -0.2) is 20.9 Å². The van der Waals surface area contributed by atoms with E-state index in [4.69, 9.17) is 0 Å². The van der Waals surface area contributed by atoms with E-state index in [1.807, 2.05) is 31.5 Å². The second-order valence-corrected chi connectivity index (χ2v) is 6.63. The van der Waals surface area contributed by atoms with Crippen LogP contribution >= 0.6 is 11.3 Å². The van der Waals surface area contributed by atoms with Gasteiger partial charge in [-0.25, -0.2) is 4.98 Å². The molecule has 120 valence electrons. The van der Waals surface area contributed by atoms with Crippen molar-refractivity contribution in [3.05, 3.63) is 53.5 Å². The number of hydrogen-bond donors (Lipinski definition) is 2. The molecular formula is C18H16N4OS. The lowest BCUT2D eigenvalue weighted by Gasteiger charge is -2.13. The van der Waals surface area contributed by atoms with Crippen molar-refractivity contribution in [2.75, 3.05) is 5.32 Å². The number of hydrogen-bond acceptors (Lipinski definition) is 4. The van der Waals surface area contributed by atoms with E-state index < -0.39 is 0 Å². The minimum atomic E-state index is -0.0483. The van der Waals surface area contributed by atoms with E-state index in [9.17, 15) is 4.79 Å². The van der Waals surface area contributed by atoms with Gasteiger partial charge in [0, 0.05) is 28.9 Å². The molecule has 24 heavy (non-hydrogen) atoms. The van der Waals surface area contributed by atoms with E-state index in [0.717, 1.165) is 45.5 Å². The summed E-state index contributed by atoms with van der Waals surface area (Å²) in [6, 6.07) is 1.96. The van der Waals surface area contributed by atoms with Crippen LogP contribution in [0, 0.1) is 0 Å². The molecule has 0 unspecified atom stereocenters. The molecule has 0 aliphatic heterocycles. The van der Waals surface area contributed by atoms with E-state index >= 15 is 0 Å². The Balaban J connectivity index is 1.67. The zero-order valence-electron chi connectivity index (χ0n) is 13.2. The third-order valence-corrected chi connectivity index (χ3v) is 4.97. The Bertz CT molecular complexity index is 966. The van der Waals surface area contributed by atoms with E-state index in [1.54, 1.807) is 23.0 Å². The lowest BCUT2D eigenvalue weighted by Crippen LogP contribution is -2.16. The van der Waals surface area contributed by atoms with Crippen molar-refractivity contribution in [3.63, 3.8) is 0 Å². The Hall–Kier alpha value is -2.73. The molecule has 0 atom stereocenters. The van der Waals surface area contributed by atoms with Crippen LogP contribution < -0.4 is 5.32 Å². The Morgan fingerprint density at radius 3 is 3.08 bits per heavy atom. The first-order valence-corrected chi connectivity index (χ1v) is 8.64. The normalized spacial score (nSPS) is 14.4. The number of amides is 1. The number of H-pyrrole nitrogens is 1. The minimum Gasteiger partial charge on any atom is -0.345 e. The van der Waals surface area contributed by atoms with Crippen molar-refractivity contribution >= 4 is 34.0 Å². The summed E-state index contributed by atoms with van der Waals surface area (Å²) in [4.78, 5) is 25.3. The number of aromatic nitrogens is 3. The molecule has 2 N–H and O–H groups in total. The number of anilines is 1. The van der Waals surface area contributed by atoms with Crippen molar-refractivity contribution < 1.29 is 4.79 Å². The summed E-state index contributed by atoms with van der Waals surface area (Å²) < 4.78 is 0. The fourth-order valence-corrected chi connectivity index (χ4v) is 3.56. The Labute approximate surface area is 143 Å². The summed E-state index contributed by atoms with van der Waals surface area (Å²) in [6.45, 7) is 1.97. The third kappa shape index (κ3) is 2.65. The van der Waals surface area contributed by atoms with Gasteiger partial charge in [0.15, 0.2) is 0 Å². The molecule has 0 spiro atoms. The second-order valence-electron chi connectivity index (χ2n) is 5.74. The lowest BCUT2D eigenvalue weighted by molar-refractivity contribution is -0.113. The summed E-state index contributed by atoms with van der Waals surface area (Å²) in [5.74, 6) is -0.0483. The predicted octanol–water partition coefficient (Wildman–Crippen LogP) is 4.29. The highest BCUT2D eigenvalue weighted by atomic mass is 32.1. The van der Waals surface area contributed by atoms with Crippen molar-refractivity contribution in [2.45, 2.75) is 19.8 Å². The van der Waals surface area contributed by atoms with Crippen molar-refractivity contribution in [2.24, 2.45) is 0 Å². The quantitative estimate of drug-likeness (QED) is 0.749. The van der Waals surface area contributed by atoms with Crippen molar-refractivity contribution in [1.82, 2.24) is 15.0 Å². The third-order valence-electron chi connectivity index (χ3n) is 4.17. The average Bonchev–Trinajstić information content (AvgIpc) is 3.23. The topological polar surface area (TPSA) is 70.7 Å². The number of pyridine rings is 1. The number of allylic oxidation sites excluding steroid dienone is 3. The lowest BCUT2D eigenvalue weighted by atomic mass is 9.98. The number of carbonyl (C=O) groups excluding carboxylic acids is 1. The van der Waals surface area contributed by atoms with Crippen LogP contribution in [0.5, 0.6) is 0 Å². The maximum absolute atomic E-state index is 12.5. The number of nitrogens with zero attached hydrogens (tertiary/aromatic N) is 2. The number of aromatic amines is 1. The average molecular weight is 336 g/mol. The van der Waals surface area contributed by atoms with Gasteiger partial charge in [-0.2, -0.15) is 0 Å². The van der Waals surface area contributed by atoms with Crippen LogP contribution in [0.2, 0.25) is 0 Å². The van der Waals surface area contributed by atoms with Gasteiger partial charge in [0.1, 0.15) is 5.65 Å². The molecule has 3 heterocycles. The van der Waals surface area contributed by atoms with E-state index in [-0.39, 0.29) is 5.91 Å². The SMILES string of the molecule is CC1=C(C(=O)Nc2cnc3[nH]cc(-c4cncs4)c3c2)CCC=C1. The fourth-order valence-electron chi connectivity index (χ4n) is 2.91. The van der Waals surface area contributed by atoms with E-state index in [2.05, 4.69) is 26.3 Å². The first-order valence-electron chi connectivity index (χ1n) is 7.76. The van der Waals surface area contributed by atoms with Crippen molar-refractivity contribution in [1.29, 1.82) is 0 Å². The summed E-state index contributed by atoms with van der Waals surface area (Å²) in [6.07, 6.45) is 11.2. The van der Waals surface area contributed by atoms with Crippen LogP contribution in [0.15, 0.2) is 53.5 Å². The van der Waals surface area contributed by atoms with Gasteiger partial charge in [-0.3, -0.25) is 9.78 Å². The molecule has 0 saturated heterocycles. The van der Waals surface area contributed by atoms with Gasteiger partial charge in [-0.05, 0) is 31.4 Å². The van der Waals surface area contributed by atoms with E-state index in [0.29, 0.717) is 5.69 Å². The van der Waals surface area contributed by atoms with E-state index in [1.165, 1.54) is 0 Å². The predicted molar refractivity (Wildman–Crippen MR) is 96.9 cm³/mol. The molecule has 1 amide bonds. The molecule has 1 aliphatic rings. The second kappa shape index (κ2) is 6.05. The number of rotatable bonds is 3. The maximum atomic E-state index is 12.5. The molecule has 6 heteroatoms. The molecule has 0 fully saturated rings. The maximum Gasteiger partial charge on any atom is 0.251 e. The highest BCUT2D eigenvalue weighted by molar-refractivity contribution is 7.13. The van der Waals surface area contributed by atoms with Gasteiger partial charge in [-0.15, -0.1) is 11.3 Å². The summed E-state index contributed by atoms with van der Waals surface area (Å²) in [5.41, 5.74) is 6.22. The molecule has 0 bridgehead atoms. The van der Waals surface area contributed by atoms with Gasteiger partial charge < -0.3 is 10.3 Å².